The fourth-order valence-electron chi connectivity index (χ4n) is 1.59. The molecule has 17 heavy (non-hydrogen) atoms. The first-order chi connectivity index (χ1) is 8.12. The van der Waals surface area contributed by atoms with E-state index >= 15 is 0 Å². The van der Waals surface area contributed by atoms with Gasteiger partial charge in [-0.1, -0.05) is 5.16 Å². The Hall–Kier alpha value is -1.59. The lowest BCUT2D eigenvalue weighted by Gasteiger charge is -2.10. The van der Waals surface area contributed by atoms with Gasteiger partial charge in [-0.05, 0) is 37.5 Å². The third-order valence-electron chi connectivity index (χ3n) is 2.61. The summed E-state index contributed by atoms with van der Waals surface area (Å²) in [6.45, 7) is 1.15. The molecular formula is C12H17NO4. The first-order valence-corrected chi connectivity index (χ1v) is 5.35. The molecule has 0 aliphatic rings. The summed E-state index contributed by atoms with van der Waals surface area (Å²) in [5.74, 6) is -0.0636. The molecule has 0 saturated carbocycles. The lowest BCUT2D eigenvalue weighted by atomic mass is 10.0. The third-order valence-corrected chi connectivity index (χ3v) is 2.61. The van der Waals surface area contributed by atoms with Crippen molar-refractivity contribution in [2.75, 3.05) is 0 Å². The zero-order chi connectivity index (χ0) is 12.8. The van der Waals surface area contributed by atoms with Crippen LogP contribution < -0.4 is 0 Å². The van der Waals surface area contributed by atoms with E-state index in [0.29, 0.717) is 29.7 Å². The Labute approximate surface area is 99.6 Å². The Balaban J connectivity index is 2.93. The zero-order valence-electron chi connectivity index (χ0n) is 9.72. The van der Waals surface area contributed by atoms with E-state index in [1.165, 1.54) is 0 Å². The number of phenols is 1. The van der Waals surface area contributed by atoms with Gasteiger partial charge in [0.05, 0.1) is 18.9 Å². The number of aryl methyl sites for hydroxylation is 1. The Morgan fingerprint density at radius 3 is 2.12 bits per heavy atom. The first-order valence-electron chi connectivity index (χ1n) is 5.35. The van der Waals surface area contributed by atoms with Crippen molar-refractivity contribution in [3.8, 4) is 5.75 Å². The van der Waals surface area contributed by atoms with Crippen LogP contribution in [0.1, 0.15) is 30.0 Å². The number of hydrogen-bond acceptors (Lipinski definition) is 5. The highest BCUT2D eigenvalue weighted by Gasteiger charge is 2.09. The van der Waals surface area contributed by atoms with Crippen LogP contribution in [-0.4, -0.2) is 26.2 Å². The second kappa shape index (κ2) is 6.22. The van der Waals surface area contributed by atoms with Crippen molar-refractivity contribution < 1.29 is 20.5 Å². The van der Waals surface area contributed by atoms with Gasteiger partial charge in [-0.3, -0.25) is 0 Å². The van der Waals surface area contributed by atoms with Crippen LogP contribution in [-0.2, 0) is 19.6 Å². The third kappa shape index (κ3) is 3.44. The van der Waals surface area contributed by atoms with Crippen LogP contribution in [0.3, 0.4) is 0 Å². The monoisotopic (exact) mass is 239 g/mol. The van der Waals surface area contributed by atoms with Crippen LogP contribution in [0.5, 0.6) is 5.75 Å². The maximum Gasteiger partial charge on any atom is 0.126 e. The highest BCUT2D eigenvalue weighted by Crippen LogP contribution is 2.25. The van der Waals surface area contributed by atoms with Gasteiger partial charge < -0.3 is 20.5 Å². The molecular weight excluding hydrogens is 222 g/mol. The lowest BCUT2D eigenvalue weighted by molar-refractivity contribution is 0.263. The number of rotatable bonds is 5. The van der Waals surface area contributed by atoms with Crippen molar-refractivity contribution in [3.05, 3.63) is 28.8 Å². The van der Waals surface area contributed by atoms with Crippen molar-refractivity contribution in [3.63, 3.8) is 0 Å². The van der Waals surface area contributed by atoms with Gasteiger partial charge in [0.25, 0.3) is 0 Å². The molecule has 94 valence electrons. The molecule has 0 atom stereocenters. The minimum Gasteiger partial charge on any atom is -0.507 e. The minimum absolute atomic E-state index is 0.0636. The summed E-state index contributed by atoms with van der Waals surface area (Å²) in [5, 5.41) is 39.4. The lowest BCUT2D eigenvalue weighted by Crippen LogP contribution is -1.99. The number of hydrogen-bond donors (Lipinski definition) is 4. The van der Waals surface area contributed by atoms with Crippen molar-refractivity contribution >= 4 is 5.71 Å². The average molecular weight is 239 g/mol. The maximum absolute atomic E-state index is 9.65. The fourth-order valence-corrected chi connectivity index (χ4v) is 1.59. The van der Waals surface area contributed by atoms with E-state index in [2.05, 4.69) is 5.16 Å². The Bertz CT molecular complexity index is 390. The van der Waals surface area contributed by atoms with Crippen LogP contribution >= 0.6 is 0 Å². The summed E-state index contributed by atoms with van der Waals surface area (Å²) < 4.78 is 0. The molecule has 0 unspecified atom stereocenters. The van der Waals surface area contributed by atoms with Gasteiger partial charge in [0, 0.05) is 11.1 Å². The summed E-state index contributed by atoms with van der Waals surface area (Å²) in [6, 6.07) is 3.36. The zero-order valence-corrected chi connectivity index (χ0v) is 9.72. The first kappa shape index (κ1) is 13.5. The molecule has 4 N–H and O–H groups in total. The second-order valence-electron chi connectivity index (χ2n) is 3.91. The number of oxime groups is 1. The highest BCUT2D eigenvalue weighted by molar-refractivity contribution is 5.81. The Morgan fingerprint density at radius 1 is 1.18 bits per heavy atom. The number of aliphatic hydroxyl groups excluding tert-OH is 2. The van der Waals surface area contributed by atoms with Gasteiger partial charge in [-0.15, -0.1) is 0 Å². The summed E-state index contributed by atoms with van der Waals surface area (Å²) in [5.41, 5.74) is 2.27. The largest absolute Gasteiger partial charge is 0.507 e. The number of benzene rings is 1. The van der Waals surface area contributed by atoms with E-state index in [1.54, 1.807) is 19.1 Å². The van der Waals surface area contributed by atoms with Crippen molar-refractivity contribution in [2.45, 2.75) is 33.0 Å². The second-order valence-corrected chi connectivity index (χ2v) is 3.91. The SMILES string of the molecule is C/C(CCc1cc(CO)c(O)c(CO)c1)=N/O. The molecule has 5 nitrogen and oxygen atoms in total. The average Bonchev–Trinajstić information content (AvgIpc) is 2.36. The number of nitrogens with zero attached hydrogens (tertiary/aromatic N) is 1. The molecule has 0 bridgehead atoms. The molecule has 1 rings (SSSR count). The molecule has 0 spiro atoms. The molecule has 0 aliphatic heterocycles. The summed E-state index contributed by atoms with van der Waals surface area (Å²) in [7, 11) is 0. The predicted octanol–water partition coefficient (Wildman–Crippen LogP) is 1.16. The van der Waals surface area contributed by atoms with Crippen molar-refractivity contribution in [1.29, 1.82) is 0 Å². The van der Waals surface area contributed by atoms with Crippen LogP contribution in [0.4, 0.5) is 0 Å². The molecule has 1 aromatic carbocycles. The smallest absolute Gasteiger partial charge is 0.126 e. The van der Waals surface area contributed by atoms with Gasteiger partial charge in [0.2, 0.25) is 0 Å². The fraction of sp³-hybridized carbons (Fsp3) is 0.417. The van der Waals surface area contributed by atoms with Crippen molar-refractivity contribution in [1.82, 2.24) is 0 Å². The minimum atomic E-state index is -0.278. The topological polar surface area (TPSA) is 93.3 Å². The van der Waals surface area contributed by atoms with Crippen LogP contribution in [0.2, 0.25) is 0 Å². The normalized spacial score (nSPS) is 11.8. The van der Waals surface area contributed by atoms with Crippen LogP contribution in [0, 0.1) is 0 Å². The van der Waals surface area contributed by atoms with Crippen LogP contribution in [0.25, 0.3) is 0 Å². The quantitative estimate of drug-likeness (QED) is 0.352. The van der Waals surface area contributed by atoms with Crippen LogP contribution in [0.15, 0.2) is 17.3 Å². The maximum atomic E-state index is 9.65. The van der Waals surface area contributed by atoms with Crippen molar-refractivity contribution in [2.24, 2.45) is 5.16 Å². The number of aliphatic hydroxyl groups is 2. The predicted molar refractivity (Wildman–Crippen MR) is 63.2 cm³/mol. The highest BCUT2D eigenvalue weighted by atomic mass is 16.4. The Kier molecular flexibility index (Phi) is 4.93. The summed E-state index contributed by atoms with van der Waals surface area (Å²) in [4.78, 5) is 0. The van der Waals surface area contributed by atoms with E-state index in [-0.39, 0.29) is 19.0 Å². The number of aromatic hydroxyl groups is 1. The van der Waals surface area contributed by atoms with Gasteiger partial charge in [-0.25, -0.2) is 0 Å². The standard InChI is InChI=1S/C12H17NO4/c1-8(13-17)2-3-9-4-10(6-14)12(16)11(5-9)7-15/h4-5,14-17H,2-3,6-7H2,1H3/b13-8-. The van der Waals surface area contributed by atoms with E-state index in [9.17, 15) is 5.11 Å². The molecule has 0 amide bonds. The molecule has 0 aliphatic carbocycles. The molecule has 0 saturated heterocycles. The van der Waals surface area contributed by atoms with E-state index in [4.69, 9.17) is 15.4 Å². The molecule has 0 radical (unpaired) electrons. The summed E-state index contributed by atoms with van der Waals surface area (Å²) >= 11 is 0. The summed E-state index contributed by atoms with van der Waals surface area (Å²) in [6.07, 6.45) is 1.20. The van der Waals surface area contributed by atoms with Gasteiger partial charge in [0.1, 0.15) is 5.75 Å². The molecule has 0 fully saturated rings. The van der Waals surface area contributed by atoms with E-state index in [1.807, 2.05) is 0 Å². The Morgan fingerprint density at radius 2 is 1.71 bits per heavy atom. The van der Waals surface area contributed by atoms with E-state index < -0.39 is 0 Å². The molecule has 0 heterocycles. The van der Waals surface area contributed by atoms with Gasteiger partial charge in [-0.2, -0.15) is 0 Å². The molecule has 0 aromatic heterocycles. The molecule has 5 heteroatoms. The van der Waals surface area contributed by atoms with Gasteiger partial charge in [0.15, 0.2) is 0 Å². The van der Waals surface area contributed by atoms with E-state index in [0.717, 1.165) is 5.56 Å². The van der Waals surface area contributed by atoms with Gasteiger partial charge >= 0.3 is 0 Å². The molecule has 1 aromatic rings.